The maximum atomic E-state index is 12.6. The van der Waals surface area contributed by atoms with Crippen LogP contribution >= 0.6 is 0 Å². The minimum Gasteiger partial charge on any atom is -0.497 e. The van der Waals surface area contributed by atoms with Crippen LogP contribution in [-0.4, -0.2) is 48.9 Å². The van der Waals surface area contributed by atoms with Gasteiger partial charge in [-0.15, -0.1) is 0 Å². The Morgan fingerprint density at radius 1 is 1.04 bits per heavy atom. The average Bonchev–Trinajstić information content (AvgIpc) is 2.63. The Morgan fingerprint density at radius 3 is 2.28 bits per heavy atom. The summed E-state index contributed by atoms with van der Waals surface area (Å²) in [6.07, 6.45) is 2.30. The number of hydrogen-bond acceptors (Lipinski definition) is 6. The Kier molecular flexibility index (Phi) is 3.88. The molecule has 0 unspecified atom stereocenters. The Labute approximate surface area is 141 Å². The number of rotatable bonds is 2. The van der Waals surface area contributed by atoms with Crippen molar-refractivity contribution in [3.05, 3.63) is 45.8 Å². The number of hydrogen-bond donors (Lipinski definition) is 0. The molecule has 3 rings (SSSR count). The van der Waals surface area contributed by atoms with E-state index in [1.165, 1.54) is 33.5 Å². The van der Waals surface area contributed by atoms with Gasteiger partial charge >= 0.3 is 6.03 Å². The van der Waals surface area contributed by atoms with Gasteiger partial charge in [-0.25, -0.2) is 4.79 Å². The number of imide groups is 2. The van der Waals surface area contributed by atoms with E-state index in [-0.39, 0.29) is 16.5 Å². The molecule has 0 atom stereocenters. The number of nitrogens with zero attached hydrogens (tertiary/aromatic N) is 2. The molecule has 0 bridgehead atoms. The molecule has 2 heterocycles. The molecule has 8 heteroatoms. The number of carbonyl (C=O) groups is 3. The molecule has 1 aromatic carbocycles. The first kappa shape index (κ1) is 16.4. The maximum Gasteiger partial charge on any atom is 0.333 e. The van der Waals surface area contributed by atoms with Crippen molar-refractivity contribution in [3.63, 3.8) is 0 Å². The van der Waals surface area contributed by atoms with E-state index in [1.807, 2.05) is 0 Å². The average molecular weight is 342 g/mol. The van der Waals surface area contributed by atoms with E-state index in [1.54, 1.807) is 12.1 Å². The van der Waals surface area contributed by atoms with Gasteiger partial charge in [0.2, 0.25) is 0 Å². The predicted molar refractivity (Wildman–Crippen MR) is 87.9 cm³/mol. The zero-order valence-electron chi connectivity index (χ0n) is 13.7. The Bertz CT molecular complexity index is 978. The number of likely N-dealkylation sites (N-methyl/N-ethyl adjacent to an activating group) is 2. The van der Waals surface area contributed by atoms with E-state index < -0.39 is 23.3 Å². The first-order valence-electron chi connectivity index (χ1n) is 7.26. The highest BCUT2D eigenvalue weighted by Gasteiger charge is 2.37. The zero-order valence-corrected chi connectivity index (χ0v) is 13.7. The van der Waals surface area contributed by atoms with Crippen LogP contribution in [0.3, 0.4) is 0 Å². The van der Waals surface area contributed by atoms with Gasteiger partial charge in [0, 0.05) is 14.1 Å². The fraction of sp³-hybridized carbons (Fsp3) is 0.176. The Balaban J connectivity index is 2.16. The lowest BCUT2D eigenvalue weighted by atomic mass is 10.1. The van der Waals surface area contributed by atoms with Crippen molar-refractivity contribution in [2.24, 2.45) is 0 Å². The number of amides is 4. The molecule has 4 amide bonds. The van der Waals surface area contributed by atoms with Gasteiger partial charge in [0.25, 0.3) is 11.8 Å². The Morgan fingerprint density at radius 2 is 1.68 bits per heavy atom. The number of methoxy groups -OCH3 is 1. The molecular formula is C17H14N2O6. The molecule has 0 radical (unpaired) electrons. The molecule has 1 aliphatic rings. The number of fused-ring (bicyclic) bond motifs is 1. The van der Waals surface area contributed by atoms with Gasteiger partial charge in [-0.2, -0.15) is 0 Å². The van der Waals surface area contributed by atoms with E-state index in [2.05, 4.69) is 0 Å². The summed E-state index contributed by atoms with van der Waals surface area (Å²) in [5.41, 5.74) is -0.345. The van der Waals surface area contributed by atoms with Crippen molar-refractivity contribution < 1.29 is 23.5 Å². The third kappa shape index (κ3) is 2.57. The minimum atomic E-state index is -0.779. The summed E-state index contributed by atoms with van der Waals surface area (Å²) >= 11 is 0. The van der Waals surface area contributed by atoms with Crippen molar-refractivity contribution >= 4 is 34.9 Å². The fourth-order valence-electron chi connectivity index (χ4n) is 2.48. The molecule has 1 aliphatic heterocycles. The largest absolute Gasteiger partial charge is 0.497 e. The first-order chi connectivity index (χ1) is 11.8. The van der Waals surface area contributed by atoms with Crippen LogP contribution in [0.15, 0.2) is 39.2 Å². The zero-order chi connectivity index (χ0) is 18.3. The highest BCUT2D eigenvalue weighted by atomic mass is 16.5. The summed E-state index contributed by atoms with van der Waals surface area (Å²) in [5.74, 6) is -1.09. The van der Waals surface area contributed by atoms with E-state index in [0.29, 0.717) is 11.3 Å². The minimum absolute atomic E-state index is 0.0219. The summed E-state index contributed by atoms with van der Waals surface area (Å²) in [7, 11) is 3.99. The topological polar surface area (TPSA) is 97.1 Å². The van der Waals surface area contributed by atoms with E-state index in [9.17, 15) is 19.2 Å². The molecule has 1 saturated heterocycles. The number of benzene rings is 1. The van der Waals surface area contributed by atoms with E-state index >= 15 is 0 Å². The summed E-state index contributed by atoms with van der Waals surface area (Å²) in [5, 5.41) is 0.252. The van der Waals surface area contributed by atoms with Gasteiger partial charge in [-0.1, -0.05) is 0 Å². The van der Waals surface area contributed by atoms with Crippen LogP contribution in [0.2, 0.25) is 0 Å². The standard InChI is InChI=1S/C17H14N2O6/c1-18-15(21)12(16(22)19(2)17(18)23)6-9-8-25-13-5-4-10(24-3)7-11(13)14(9)20/h4-8H,1-3H3. The molecule has 0 aliphatic carbocycles. The van der Waals surface area contributed by atoms with Gasteiger partial charge in [0.05, 0.1) is 18.1 Å². The molecule has 1 aromatic heterocycles. The van der Waals surface area contributed by atoms with Crippen molar-refractivity contribution in [1.29, 1.82) is 0 Å². The second-order valence-corrected chi connectivity index (χ2v) is 5.45. The molecule has 25 heavy (non-hydrogen) atoms. The quantitative estimate of drug-likeness (QED) is 0.602. The van der Waals surface area contributed by atoms with E-state index in [0.717, 1.165) is 15.9 Å². The molecule has 0 N–H and O–H groups in total. The van der Waals surface area contributed by atoms with Crippen molar-refractivity contribution in [3.8, 4) is 5.75 Å². The summed E-state index contributed by atoms with van der Waals surface area (Å²) in [4.78, 5) is 50.4. The molecule has 2 aromatic rings. The van der Waals surface area contributed by atoms with Crippen LogP contribution in [0, 0.1) is 0 Å². The normalized spacial score (nSPS) is 15.2. The first-order valence-corrected chi connectivity index (χ1v) is 7.26. The number of urea groups is 1. The predicted octanol–water partition coefficient (Wildman–Crippen LogP) is 1.24. The van der Waals surface area contributed by atoms with Gasteiger partial charge in [0.1, 0.15) is 23.2 Å². The second kappa shape index (κ2) is 5.90. The van der Waals surface area contributed by atoms with Crippen LogP contribution < -0.4 is 10.2 Å². The number of barbiturate groups is 1. The van der Waals surface area contributed by atoms with Crippen LogP contribution in [0.5, 0.6) is 5.75 Å². The Hall–Kier alpha value is -3.42. The van der Waals surface area contributed by atoms with Crippen molar-refractivity contribution in [2.75, 3.05) is 21.2 Å². The SMILES string of the molecule is COc1ccc2occ(C=C3C(=O)N(C)C(=O)N(C)C3=O)c(=O)c2c1. The summed E-state index contributed by atoms with van der Waals surface area (Å²) in [6, 6.07) is 4.01. The smallest absolute Gasteiger partial charge is 0.333 e. The monoisotopic (exact) mass is 342 g/mol. The van der Waals surface area contributed by atoms with E-state index in [4.69, 9.17) is 9.15 Å². The molecule has 0 spiro atoms. The second-order valence-electron chi connectivity index (χ2n) is 5.45. The highest BCUT2D eigenvalue weighted by Crippen LogP contribution is 2.21. The molecule has 0 saturated carbocycles. The van der Waals surface area contributed by atoms with Gasteiger partial charge in [-0.3, -0.25) is 24.2 Å². The third-order valence-corrected chi connectivity index (χ3v) is 3.95. The molecule has 1 fully saturated rings. The lowest BCUT2D eigenvalue weighted by Gasteiger charge is -2.28. The maximum absolute atomic E-state index is 12.6. The third-order valence-electron chi connectivity index (χ3n) is 3.95. The molecular weight excluding hydrogens is 328 g/mol. The number of carbonyl (C=O) groups excluding carboxylic acids is 3. The number of ether oxygens (including phenoxy) is 1. The van der Waals surface area contributed by atoms with Crippen LogP contribution in [0.4, 0.5) is 4.79 Å². The van der Waals surface area contributed by atoms with Gasteiger partial charge in [0.15, 0.2) is 5.43 Å². The van der Waals surface area contributed by atoms with Crippen LogP contribution in [0.25, 0.3) is 17.0 Å². The lowest BCUT2D eigenvalue weighted by molar-refractivity contribution is -0.134. The van der Waals surface area contributed by atoms with Gasteiger partial charge in [-0.05, 0) is 24.3 Å². The van der Waals surface area contributed by atoms with Crippen LogP contribution in [0.1, 0.15) is 5.56 Å². The lowest BCUT2D eigenvalue weighted by Crippen LogP contribution is -2.53. The van der Waals surface area contributed by atoms with Crippen molar-refractivity contribution in [1.82, 2.24) is 9.80 Å². The van der Waals surface area contributed by atoms with Crippen molar-refractivity contribution in [2.45, 2.75) is 0 Å². The van der Waals surface area contributed by atoms with Gasteiger partial charge < -0.3 is 9.15 Å². The van der Waals surface area contributed by atoms with Crippen LogP contribution in [-0.2, 0) is 9.59 Å². The summed E-state index contributed by atoms with van der Waals surface area (Å²) < 4.78 is 10.5. The highest BCUT2D eigenvalue weighted by molar-refractivity contribution is 6.30. The molecule has 128 valence electrons. The molecule has 8 nitrogen and oxygen atoms in total. The fourth-order valence-corrected chi connectivity index (χ4v) is 2.48. The summed E-state index contributed by atoms with van der Waals surface area (Å²) in [6.45, 7) is 0.